The lowest BCUT2D eigenvalue weighted by Gasteiger charge is -2.21. The third-order valence-electron chi connectivity index (χ3n) is 2.02. The van der Waals surface area contributed by atoms with Crippen molar-refractivity contribution in [2.24, 2.45) is 4.99 Å². The van der Waals surface area contributed by atoms with E-state index in [0.717, 1.165) is 5.03 Å². The van der Waals surface area contributed by atoms with E-state index in [1.54, 1.807) is 0 Å². The molecule has 0 saturated carbocycles. The quantitative estimate of drug-likeness (QED) is 0.534. The van der Waals surface area contributed by atoms with Crippen molar-refractivity contribution in [3.8, 4) is 0 Å². The van der Waals surface area contributed by atoms with Crippen LogP contribution in [-0.2, 0) is 0 Å². The van der Waals surface area contributed by atoms with E-state index in [1.165, 1.54) is 0 Å². The topological polar surface area (TPSA) is 15.6 Å². The van der Waals surface area contributed by atoms with E-state index >= 15 is 0 Å². The van der Waals surface area contributed by atoms with Crippen molar-refractivity contribution in [3.63, 3.8) is 0 Å². The molecular formula is C8H9ClN2. The number of aliphatic imine (C=N–C) groups is 1. The second-order valence-electron chi connectivity index (χ2n) is 2.82. The molecule has 1 aliphatic heterocycles. The standard InChI is InChI=1S/C8H9ClN2/c1-11-5-10-7-4-6(9)2-3-8(7)11/h2-5,7-8H,1H3. The molecule has 0 N–H and O–H groups in total. The molecule has 0 aromatic carbocycles. The Hall–Kier alpha value is -0.760. The van der Waals surface area contributed by atoms with Crippen LogP contribution in [0.5, 0.6) is 0 Å². The monoisotopic (exact) mass is 168 g/mol. The fourth-order valence-corrected chi connectivity index (χ4v) is 1.59. The van der Waals surface area contributed by atoms with E-state index in [9.17, 15) is 0 Å². The average molecular weight is 169 g/mol. The summed E-state index contributed by atoms with van der Waals surface area (Å²) in [6.07, 6.45) is 7.84. The van der Waals surface area contributed by atoms with Gasteiger partial charge in [0, 0.05) is 12.1 Å². The van der Waals surface area contributed by atoms with Gasteiger partial charge in [-0.1, -0.05) is 17.7 Å². The SMILES string of the molecule is CN1C=NC2C=C(Cl)C=CC21. The van der Waals surface area contributed by atoms with Gasteiger partial charge in [0.2, 0.25) is 0 Å². The molecule has 2 unspecified atom stereocenters. The normalized spacial score (nSPS) is 34.0. The van der Waals surface area contributed by atoms with Crippen molar-refractivity contribution in [3.05, 3.63) is 23.3 Å². The molecule has 0 spiro atoms. The minimum absolute atomic E-state index is 0.234. The predicted octanol–water partition coefficient (Wildman–Crippen LogP) is 1.39. The first kappa shape index (κ1) is 6.92. The summed E-state index contributed by atoms with van der Waals surface area (Å²) in [4.78, 5) is 6.36. The minimum Gasteiger partial charge on any atom is -0.357 e. The molecule has 1 heterocycles. The molecule has 3 heteroatoms. The molecule has 0 fully saturated rings. The third kappa shape index (κ3) is 1.07. The van der Waals surface area contributed by atoms with E-state index in [1.807, 2.05) is 25.5 Å². The molecule has 0 aromatic heterocycles. The van der Waals surface area contributed by atoms with E-state index < -0.39 is 0 Å². The van der Waals surface area contributed by atoms with Crippen LogP contribution in [0, 0.1) is 0 Å². The molecule has 0 amide bonds. The highest BCUT2D eigenvalue weighted by Gasteiger charge is 2.26. The maximum atomic E-state index is 5.81. The van der Waals surface area contributed by atoms with Gasteiger partial charge in [-0.15, -0.1) is 0 Å². The molecule has 0 aromatic rings. The van der Waals surface area contributed by atoms with Gasteiger partial charge in [-0.2, -0.15) is 0 Å². The Labute approximate surface area is 70.9 Å². The summed E-state index contributed by atoms with van der Waals surface area (Å²) in [5.41, 5.74) is 0. The fraction of sp³-hybridized carbons (Fsp3) is 0.375. The zero-order valence-electron chi connectivity index (χ0n) is 6.24. The Morgan fingerprint density at radius 2 is 2.45 bits per heavy atom. The lowest BCUT2D eigenvalue weighted by atomic mass is 10.0. The maximum absolute atomic E-state index is 5.81. The van der Waals surface area contributed by atoms with Crippen molar-refractivity contribution < 1.29 is 0 Å². The van der Waals surface area contributed by atoms with Gasteiger partial charge in [-0.3, -0.25) is 4.99 Å². The predicted molar refractivity (Wildman–Crippen MR) is 46.9 cm³/mol. The highest BCUT2D eigenvalue weighted by molar-refractivity contribution is 6.31. The van der Waals surface area contributed by atoms with E-state index in [2.05, 4.69) is 16.0 Å². The number of halogens is 1. The lowest BCUT2D eigenvalue weighted by Crippen LogP contribution is -2.31. The van der Waals surface area contributed by atoms with Gasteiger partial charge in [-0.25, -0.2) is 0 Å². The van der Waals surface area contributed by atoms with Gasteiger partial charge in [0.15, 0.2) is 0 Å². The summed E-state index contributed by atoms with van der Waals surface area (Å²) in [7, 11) is 2.02. The third-order valence-corrected chi connectivity index (χ3v) is 2.28. The van der Waals surface area contributed by atoms with Crippen molar-refractivity contribution in [2.45, 2.75) is 12.1 Å². The number of allylic oxidation sites excluding steroid dienone is 2. The Kier molecular flexibility index (Phi) is 1.50. The molecule has 58 valence electrons. The van der Waals surface area contributed by atoms with Crippen molar-refractivity contribution in [1.29, 1.82) is 0 Å². The van der Waals surface area contributed by atoms with Crippen LogP contribution in [0.4, 0.5) is 0 Å². The van der Waals surface area contributed by atoms with E-state index in [-0.39, 0.29) is 6.04 Å². The van der Waals surface area contributed by atoms with Gasteiger partial charge in [0.05, 0.1) is 18.4 Å². The number of fused-ring (bicyclic) bond motifs is 1. The number of rotatable bonds is 0. The van der Waals surface area contributed by atoms with Crippen LogP contribution in [0.3, 0.4) is 0 Å². The first-order valence-electron chi connectivity index (χ1n) is 3.58. The van der Waals surface area contributed by atoms with E-state index in [0.29, 0.717) is 6.04 Å². The van der Waals surface area contributed by atoms with E-state index in [4.69, 9.17) is 11.6 Å². The molecule has 0 radical (unpaired) electrons. The molecular weight excluding hydrogens is 160 g/mol. The Morgan fingerprint density at radius 3 is 3.27 bits per heavy atom. The smallest absolute Gasteiger partial charge is 0.0954 e. The second-order valence-corrected chi connectivity index (χ2v) is 3.26. The van der Waals surface area contributed by atoms with Crippen LogP contribution < -0.4 is 0 Å². The first-order chi connectivity index (χ1) is 5.27. The van der Waals surface area contributed by atoms with Crippen LogP contribution in [0.2, 0.25) is 0 Å². The molecule has 11 heavy (non-hydrogen) atoms. The van der Waals surface area contributed by atoms with Gasteiger partial charge >= 0.3 is 0 Å². The first-order valence-corrected chi connectivity index (χ1v) is 3.96. The summed E-state index contributed by atoms with van der Waals surface area (Å²) in [6.45, 7) is 0. The number of likely N-dealkylation sites (N-methyl/N-ethyl adjacent to an activating group) is 1. The van der Waals surface area contributed by atoms with Crippen LogP contribution in [0.1, 0.15) is 0 Å². The molecule has 0 bridgehead atoms. The van der Waals surface area contributed by atoms with Gasteiger partial charge < -0.3 is 4.90 Å². The van der Waals surface area contributed by atoms with Crippen LogP contribution >= 0.6 is 11.6 Å². The molecule has 0 saturated heterocycles. The number of nitrogens with zero attached hydrogens (tertiary/aromatic N) is 2. The summed E-state index contributed by atoms with van der Waals surface area (Å²) in [5, 5.41) is 0.790. The highest BCUT2D eigenvalue weighted by atomic mass is 35.5. The van der Waals surface area contributed by atoms with Crippen LogP contribution in [-0.4, -0.2) is 30.4 Å². The lowest BCUT2D eigenvalue weighted by molar-refractivity contribution is 0.444. The van der Waals surface area contributed by atoms with Crippen LogP contribution in [0.15, 0.2) is 28.3 Å². The summed E-state index contributed by atoms with van der Waals surface area (Å²) in [5.74, 6) is 0. The summed E-state index contributed by atoms with van der Waals surface area (Å²) in [6, 6.07) is 0.620. The maximum Gasteiger partial charge on any atom is 0.0954 e. The largest absolute Gasteiger partial charge is 0.357 e. The van der Waals surface area contributed by atoms with Crippen molar-refractivity contribution >= 4 is 17.9 Å². The number of hydrogen-bond donors (Lipinski definition) is 0. The Balaban J connectivity index is 2.26. The molecule has 2 aliphatic rings. The zero-order valence-corrected chi connectivity index (χ0v) is 6.99. The summed E-state index contributed by atoms with van der Waals surface area (Å²) >= 11 is 5.81. The second kappa shape index (κ2) is 2.38. The Bertz CT molecular complexity index is 255. The van der Waals surface area contributed by atoms with Gasteiger partial charge in [0.1, 0.15) is 0 Å². The minimum atomic E-state index is 0.234. The Morgan fingerprint density at radius 1 is 1.64 bits per heavy atom. The van der Waals surface area contributed by atoms with Crippen molar-refractivity contribution in [2.75, 3.05) is 7.05 Å². The molecule has 1 aliphatic carbocycles. The molecule has 2 nitrogen and oxygen atoms in total. The van der Waals surface area contributed by atoms with Gasteiger partial charge in [-0.05, 0) is 12.2 Å². The zero-order chi connectivity index (χ0) is 7.84. The molecule has 2 rings (SSSR count). The molecule has 2 atom stereocenters. The highest BCUT2D eigenvalue weighted by Crippen LogP contribution is 2.22. The number of hydrogen-bond acceptors (Lipinski definition) is 2. The average Bonchev–Trinajstić information content (AvgIpc) is 2.32. The van der Waals surface area contributed by atoms with Gasteiger partial charge in [0.25, 0.3) is 0 Å². The summed E-state index contributed by atoms with van der Waals surface area (Å²) < 4.78 is 0. The van der Waals surface area contributed by atoms with Crippen molar-refractivity contribution in [1.82, 2.24) is 4.90 Å². The van der Waals surface area contributed by atoms with Crippen LogP contribution in [0.25, 0.3) is 0 Å². The fourth-order valence-electron chi connectivity index (χ4n) is 1.39.